The molecule has 0 amide bonds. The molecule has 0 bridgehead atoms. The van der Waals surface area contributed by atoms with Crippen LogP contribution in [0.15, 0.2) is 11.6 Å². The fraction of sp³-hybridized carbons (Fsp3) is 0.936. The van der Waals surface area contributed by atoms with Crippen LogP contribution in [-0.4, -0.2) is 157 Å². The fourth-order valence-electron chi connectivity index (χ4n) is 14.8. The first-order valence-electron chi connectivity index (χ1n) is 23.6. The van der Waals surface area contributed by atoms with E-state index in [-0.39, 0.29) is 46.2 Å². The molecule has 16 heteroatoms. The lowest BCUT2D eigenvalue weighted by Crippen LogP contribution is -2.67. The van der Waals surface area contributed by atoms with E-state index < -0.39 is 109 Å². The number of carboxylic acid groups (broad SMARTS) is 1. The zero-order chi connectivity index (χ0) is 46.0. The van der Waals surface area contributed by atoms with Crippen LogP contribution in [-0.2, 0) is 33.2 Å². The topological polar surface area (TPSA) is 255 Å². The number of aliphatic carboxylic acids is 1. The Morgan fingerprint density at radius 3 is 2.06 bits per heavy atom. The smallest absolute Gasteiger partial charge is 0.310 e. The third-order valence-corrected chi connectivity index (χ3v) is 18.9. The highest BCUT2D eigenvalue weighted by Crippen LogP contribution is 2.76. The highest BCUT2D eigenvalue weighted by atomic mass is 16.8. The molecular formula is C47H76O16. The Kier molecular flexibility index (Phi) is 12.8. The Morgan fingerprint density at radius 1 is 0.714 bits per heavy atom. The van der Waals surface area contributed by atoms with Crippen molar-refractivity contribution in [3.63, 3.8) is 0 Å². The van der Waals surface area contributed by atoms with Crippen molar-refractivity contribution in [1.29, 1.82) is 0 Å². The van der Waals surface area contributed by atoms with Crippen LogP contribution in [0.3, 0.4) is 0 Å². The lowest BCUT2D eigenvalue weighted by Gasteiger charge is -2.71. The Morgan fingerprint density at radius 2 is 1.38 bits per heavy atom. The van der Waals surface area contributed by atoms with Gasteiger partial charge in [0.05, 0.1) is 30.8 Å². The summed E-state index contributed by atoms with van der Waals surface area (Å²) < 4.78 is 36.7. The molecule has 3 heterocycles. The zero-order valence-corrected chi connectivity index (χ0v) is 38.3. The summed E-state index contributed by atoms with van der Waals surface area (Å²) in [6.45, 7) is 16.9. The third-order valence-electron chi connectivity index (χ3n) is 18.9. The second-order valence-corrected chi connectivity index (χ2v) is 23.0. The van der Waals surface area contributed by atoms with Gasteiger partial charge in [-0.25, -0.2) is 0 Å². The Bertz CT molecular complexity index is 1720. The van der Waals surface area contributed by atoms with E-state index in [1.165, 1.54) is 12.5 Å². The van der Waals surface area contributed by atoms with Crippen LogP contribution in [0.4, 0.5) is 0 Å². The largest absolute Gasteiger partial charge is 0.481 e. The molecule has 8 aliphatic rings. The van der Waals surface area contributed by atoms with Crippen molar-refractivity contribution in [2.75, 3.05) is 13.2 Å². The molecule has 8 rings (SSSR count). The molecule has 9 N–H and O–H groups in total. The molecule has 22 atom stereocenters. The molecule has 0 radical (unpaired) electrons. The van der Waals surface area contributed by atoms with E-state index >= 15 is 0 Å². The molecule has 0 aromatic rings. The van der Waals surface area contributed by atoms with Gasteiger partial charge in [0, 0.05) is 0 Å². The number of allylic oxidation sites excluding steroid dienone is 2. The van der Waals surface area contributed by atoms with Gasteiger partial charge in [0.2, 0.25) is 0 Å². The van der Waals surface area contributed by atoms with Gasteiger partial charge >= 0.3 is 5.97 Å². The zero-order valence-electron chi connectivity index (χ0n) is 38.3. The number of ether oxygens (including phenoxy) is 6. The minimum absolute atomic E-state index is 0.0300. The Hall–Kier alpha value is -1.35. The van der Waals surface area contributed by atoms with E-state index in [0.29, 0.717) is 18.8 Å². The first kappa shape index (κ1) is 48.1. The van der Waals surface area contributed by atoms with E-state index in [0.717, 1.165) is 51.4 Å². The molecule has 16 nitrogen and oxygen atoms in total. The Balaban J connectivity index is 1.03. The highest BCUT2D eigenvalue weighted by molar-refractivity contribution is 5.76. The minimum atomic E-state index is -1.79. The van der Waals surface area contributed by atoms with E-state index in [1.807, 2.05) is 0 Å². The summed E-state index contributed by atoms with van der Waals surface area (Å²) in [5, 5.41) is 96.7. The number of carbonyl (C=O) groups is 1. The average Bonchev–Trinajstić information content (AvgIpc) is 3.21. The van der Waals surface area contributed by atoms with Gasteiger partial charge in [-0.05, 0) is 116 Å². The summed E-state index contributed by atoms with van der Waals surface area (Å²) in [6.07, 6.45) is -10.7. The predicted molar refractivity (Wildman–Crippen MR) is 223 cm³/mol. The van der Waals surface area contributed by atoms with Crippen LogP contribution in [0.1, 0.15) is 120 Å². The van der Waals surface area contributed by atoms with Crippen molar-refractivity contribution < 1.29 is 79.2 Å². The van der Waals surface area contributed by atoms with Crippen LogP contribution in [0.5, 0.6) is 0 Å². The van der Waals surface area contributed by atoms with E-state index in [4.69, 9.17) is 28.4 Å². The van der Waals surface area contributed by atoms with Crippen LogP contribution in [0.2, 0.25) is 0 Å². The van der Waals surface area contributed by atoms with Gasteiger partial charge in [0.1, 0.15) is 61.0 Å². The SMILES string of the molecule is C[C@H]1O[C@@H](O[C@@H]2[C@@H](O[C@@H]3[C@H](O[C@@H]4CC[C@@]5(C)[C@H](CC[C@]6(C)[C@@H]5CC=C5[C@@H]7CC(C)(C)CC[C@]7(C(=O)O)CC[C@@]56C)C4(C)C)OC[C@H](O)[C@@H]3O)O[C@@H](CO)[C@H](O)[C@H]2O)[C@H](O)[C@@H](O)[C@@H]1O. The summed E-state index contributed by atoms with van der Waals surface area (Å²) >= 11 is 0. The average molecular weight is 897 g/mol. The van der Waals surface area contributed by atoms with Crippen molar-refractivity contribution in [2.24, 2.45) is 50.2 Å². The summed E-state index contributed by atoms with van der Waals surface area (Å²) in [5.41, 5.74) is 0.124. The predicted octanol–water partition coefficient (Wildman–Crippen LogP) is 2.37. The van der Waals surface area contributed by atoms with Gasteiger partial charge in [-0.1, -0.05) is 60.1 Å². The van der Waals surface area contributed by atoms with Gasteiger partial charge in [-0.15, -0.1) is 0 Å². The molecule has 0 spiro atoms. The summed E-state index contributed by atoms with van der Waals surface area (Å²) in [5.74, 6) is -0.0241. The van der Waals surface area contributed by atoms with Gasteiger partial charge in [-0.3, -0.25) is 4.79 Å². The van der Waals surface area contributed by atoms with Crippen LogP contribution < -0.4 is 0 Å². The molecular weight excluding hydrogens is 821 g/mol. The van der Waals surface area contributed by atoms with Gasteiger partial charge in [0.25, 0.3) is 0 Å². The maximum atomic E-state index is 13.1. The highest BCUT2D eigenvalue weighted by Gasteiger charge is 2.70. The number of aliphatic hydroxyl groups excluding tert-OH is 8. The van der Waals surface area contributed by atoms with E-state index in [2.05, 4.69) is 54.5 Å². The van der Waals surface area contributed by atoms with Crippen molar-refractivity contribution in [1.82, 2.24) is 0 Å². The molecule has 7 fully saturated rings. The van der Waals surface area contributed by atoms with Crippen molar-refractivity contribution in [2.45, 2.75) is 212 Å². The maximum absolute atomic E-state index is 13.1. The molecule has 3 aliphatic heterocycles. The molecule has 0 aromatic heterocycles. The van der Waals surface area contributed by atoms with Crippen LogP contribution >= 0.6 is 0 Å². The first-order chi connectivity index (χ1) is 29.4. The number of aliphatic hydroxyl groups is 8. The van der Waals surface area contributed by atoms with Gasteiger partial charge in [0.15, 0.2) is 18.9 Å². The fourth-order valence-corrected chi connectivity index (χ4v) is 14.8. The molecule has 0 aromatic carbocycles. The van der Waals surface area contributed by atoms with Crippen LogP contribution in [0.25, 0.3) is 0 Å². The van der Waals surface area contributed by atoms with E-state index in [1.54, 1.807) is 0 Å². The van der Waals surface area contributed by atoms with Crippen LogP contribution in [0, 0.1) is 50.2 Å². The number of hydrogen-bond acceptors (Lipinski definition) is 15. The number of carboxylic acids is 1. The first-order valence-corrected chi connectivity index (χ1v) is 23.6. The Labute approximate surface area is 371 Å². The molecule has 0 unspecified atom stereocenters. The number of hydrogen-bond donors (Lipinski definition) is 9. The standard InChI is InChI=1S/C47H76O16/c1-22-30(50)33(53)35(55)38(59-22)62-37-34(54)32(52)26(20-48)60-40(37)63-36-31(51)25(49)21-58-39(36)61-29-12-13-44(6)27(43(29,4)5)11-14-46(8)28(44)10-9-23-24-19-42(2,3)15-17-47(24,41(56)57)18-16-45(23,46)7/h9,22,24-40,48-55H,10-21H2,1-8H3,(H,56,57)/t22-,24+,25+,26+,27-,28-,29-,30-,31+,32+,33+,34-,35-,36+,37+,38+,39+,40-,44+,45+,46-,47+/m1/s1. The lowest BCUT2D eigenvalue weighted by atomic mass is 9.33. The number of fused-ring (bicyclic) bond motifs is 7. The molecule has 5 aliphatic carbocycles. The lowest BCUT2D eigenvalue weighted by molar-refractivity contribution is -0.392. The van der Waals surface area contributed by atoms with Gasteiger partial charge < -0.3 is 74.4 Å². The maximum Gasteiger partial charge on any atom is 0.310 e. The third kappa shape index (κ3) is 7.51. The minimum Gasteiger partial charge on any atom is -0.481 e. The molecule has 4 saturated carbocycles. The normalized spacial score (nSPS) is 54.1. The second kappa shape index (κ2) is 16.7. The second-order valence-electron chi connectivity index (χ2n) is 23.0. The van der Waals surface area contributed by atoms with Crippen molar-refractivity contribution in [3.8, 4) is 0 Å². The molecule has 3 saturated heterocycles. The summed E-state index contributed by atoms with van der Waals surface area (Å²) in [7, 11) is 0. The monoisotopic (exact) mass is 897 g/mol. The quantitative estimate of drug-likeness (QED) is 0.125. The van der Waals surface area contributed by atoms with E-state index in [9.17, 15) is 50.8 Å². The number of rotatable bonds is 8. The van der Waals surface area contributed by atoms with Crippen molar-refractivity contribution >= 4 is 5.97 Å². The summed E-state index contributed by atoms with van der Waals surface area (Å²) in [6, 6.07) is 0. The van der Waals surface area contributed by atoms with Gasteiger partial charge in [-0.2, -0.15) is 0 Å². The van der Waals surface area contributed by atoms with Crippen molar-refractivity contribution in [3.05, 3.63) is 11.6 Å². The molecule has 360 valence electrons. The summed E-state index contributed by atoms with van der Waals surface area (Å²) in [4.78, 5) is 13.1. The molecule has 63 heavy (non-hydrogen) atoms.